The van der Waals surface area contributed by atoms with Crippen molar-refractivity contribution in [3.8, 4) is 17.6 Å². The predicted molar refractivity (Wildman–Crippen MR) is 252 cm³/mol. The molecular formula is C55H53N3O10. The topological polar surface area (TPSA) is 164 Å². The Bertz CT molecular complexity index is 2720. The maximum absolute atomic E-state index is 16.4. The summed E-state index contributed by atoms with van der Waals surface area (Å²) in [5.74, 6) is 3.23. The van der Waals surface area contributed by atoms with Gasteiger partial charge in [-0.15, -0.1) is 0 Å². The number of hydrogen-bond donors (Lipinski definition) is 3. The van der Waals surface area contributed by atoms with Gasteiger partial charge in [0.25, 0.3) is 0 Å². The Hall–Kier alpha value is -7.08. The van der Waals surface area contributed by atoms with Crippen LogP contribution < -0.4 is 15.0 Å². The first kappa shape index (κ1) is 46.0. The molecule has 4 aliphatic rings. The fraction of sp³-hybridized carbons (Fsp3) is 0.309. The number of carbonyl (C=O) groups excluding carboxylic acids is 4. The number of ether oxygens (including phenoxy) is 4. The molecule has 1 aliphatic carbocycles. The molecule has 0 radical (unpaired) electrons. The number of nitrogens with zero attached hydrogens (tertiary/aromatic N) is 2. The number of carbonyl (C=O) groups is 4. The first-order valence-corrected chi connectivity index (χ1v) is 23.0. The molecule has 3 aliphatic heterocycles. The Kier molecular flexibility index (Phi) is 13.8. The standard InChI is InChI=1S/C55H53N3O10/c1-65-32-33-67-54(64)57-44-29-24-37(23-22-36-14-6-2-7-15-36)34-43(44)55(53(57)63)46(51(61)56-35-45(60)38-16-8-3-9-17-38)48-52(62)68-49(40-20-12-5-13-21-40)47(39-18-10-4-11-19-39)58(48)50(55)41-25-27-42(28-26-41)66-31-30-59/h3-5,8-14,16-21,24-29,34,45-50,59-60H,2,6-7,15,30-33,35H2,1H3,(H,56,61). The minimum absolute atomic E-state index is 0.0331. The first-order valence-electron chi connectivity index (χ1n) is 23.0. The van der Waals surface area contributed by atoms with Gasteiger partial charge >= 0.3 is 12.1 Å². The van der Waals surface area contributed by atoms with Gasteiger partial charge in [-0.05, 0) is 89.4 Å². The summed E-state index contributed by atoms with van der Waals surface area (Å²) >= 11 is 0. The molecule has 7 atom stereocenters. The molecule has 3 heterocycles. The molecule has 2 fully saturated rings. The number of morpholine rings is 1. The highest BCUT2D eigenvalue weighted by Crippen LogP contribution is 2.66. The number of aliphatic hydroxyl groups excluding tert-OH is 2. The summed E-state index contributed by atoms with van der Waals surface area (Å²) in [5.41, 5.74) is 2.41. The van der Waals surface area contributed by atoms with Crippen LogP contribution in [0.2, 0.25) is 0 Å². The van der Waals surface area contributed by atoms with Crippen LogP contribution in [0.15, 0.2) is 145 Å². The number of hydrogen-bond acceptors (Lipinski definition) is 11. The lowest BCUT2D eigenvalue weighted by molar-refractivity contribution is -0.178. The van der Waals surface area contributed by atoms with Gasteiger partial charge in [0.15, 0.2) is 0 Å². The number of cyclic esters (lactones) is 1. The monoisotopic (exact) mass is 915 g/mol. The summed E-state index contributed by atoms with van der Waals surface area (Å²) in [6, 6.07) is 36.4. The molecule has 3 N–H and O–H groups in total. The van der Waals surface area contributed by atoms with Crippen LogP contribution in [0, 0.1) is 17.8 Å². The van der Waals surface area contributed by atoms with Crippen LogP contribution in [0.4, 0.5) is 10.5 Å². The molecule has 13 nitrogen and oxygen atoms in total. The van der Waals surface area contributed by atoms with Gasteiger partial charge in [0, 0.05) is 19.2 Å². The number of benzene rings is 5. The van der Waals surface area contributed by atoms with Crippen molar-refractivity contribution in [1.29, 1.82) is 0 Å². The molecule has 3 amide bonds. The van der Waals surface area contributed by atoms with Gasteiger partial charge in [0.1, 0.15) is 36.5 Å². The molecule has 1 spiro atoms. The third-order valence-corrected chi connectivity index (χ3v) is 13.3. The number of anilines is 1. The highest BCUT2D eigenvalue weighted by Gasteiger charge is 2.75. The van der Waals surface area contributed by atoms with Crippen LogP contribution in [0.3, 0.4) is 0 Å². The highest BCUT2D eigenvalue weighted by molar-refractivity contribution is 6.23. The highest BCUT2D eigenvalue weighted by atomic mass is 16.6. The zero-order valence-electron chi connectivity index (χ0n) is 37.7. The number of aliphatic hydroxyl groups is 2. The van der Waals surface area contributed by atoms with Gasteiger partial charge in [-0.25, -0.2) is 9.69 Å². The Morgan fingerprint density at radius 2 is 1.53 bits per heavy atom. The first-order chi connectivity index (χ1) is 33.3. The summed E-state index contributed by atoms with van der Waals surface area (Å²) < 4.78 is 23.3. The van der Waals surface area contributed by atoms with E-state index in [0.29, 0.717) is 28.0 Å². The van der Waals surface area contributed by atoms with Crippen LogP contribution in [-0.2, 0) is 34.0 Å². The number of fused-ring (bicyclic) bond motifs is 3. The number of amides is 3. The molecule has 68 heavy (non-hydrogen) atoms. The molecule has 0 aromatic heterocycles. The van der Waals surface area contributed by atoms with E-state index in [0.717, 1.165) is 41.7 Å². The fourth-order valence-corrected chi connectivity index (χ4v) is 10.4. The predicted octanol–water partition coefficient (Wildman–Crippen LogP) is 7.21. The van der Waals surface area contributed by atoms with Crippen molar-refractivity contribution in [1.82, 2.24) is 10.2 Å². The van der Waals surface area contributed by atoms with Crippen molar-refractivity contribution < 1.29 is 48.3 Å². The van der Waals surface area contributed by atoms with Crippen LogP contribution in [0.5, 0.6) is 5.75 Å². The van der Waals surface area contributed by atoms with E-state index in [9.17, 15) is 15.0 Å². The third-order valence-electron chi connectivity index (χ3n) is 13.3. The lowest BCUT2D eigenvalue weighted by atomic mass is 9.65. The second-order valence-corrected chi connectivity index (χ2v) is 17.3. The number of nitrogens with one attached hydrogen (secondary N) is 1. The zero-order chi connectivity index (χ0) is 47.2. The van der Waals surface area contributed by atoms with Crippen molar-refractivity contribution in [2.75, 3.05) is 45.0 Å². The van der Waals surface area contributed by atoms with Gasteiger partial charge in [0.05, 0.1) is 43.0 Å². The molecular weight excluding hydrogens is 863 g/mol. The van der Waals surface area contributed by atoms with Gasteiger partial charge in [-0.2, -0.15) is 0 Å². The van der Waals surface area contributed by atoms with E-state index in [1.165, 1.54) is 7.11 Å². The number of allylic oxidation sites excluding steroid dienone is 2. The molecule has 2 saturated heterocycles. The summed E-state index contributed by atoms with van der Waals surface area (Å²) in [6.45, 7) is -0.566. The van der Waals surface area contributed by atoms with Crippen LogP contribution in [0.25, 0.3) is 0 Å². The second kappa shape index (κ2) is 20.4. The number of imide groups is 1. The number of rotatable bonds is 13. The molecule has 7 unspecified atom stereocenters. The van der Waals surface area contributed by atoms with Gasteiger partial charge in [0.2, 0.25) is 11.8 Å². The quantitative estimate of drug-likeness (QED) is 0.0622. The molecule has 0 saturated carbocycles. The van der Waals surface area contributed by atoms with Crippen molar-refractivity contribution in [3.63, 3.8) is 0 Å². The summed E-state index contributed by atoms with van der Waals surface area (Å²) in [4.78, 5) is 64.8. The van der Waals surface area contributed by atoms with Gasteiger partial charge in [-0.1, -0.05) is 121 Å². The molecule has 5 aromatic carbocycles. The van der Waals surface area contributed by atoms with E-state index in [4.69, 9.17) is 18.9 Å². The average molecular weight is 916 g/mol. The van der Waals surface area contributed by atoms with E-state index in [1.54, 1.807) is 66.7 Å². The van der Waals surface area contributed by atoms with E-state index >= 15 is 14.4 Å². The maximum Gasteiger partial charge on any atom is 0.421 e. The second-order valence-electron chi connectivity index (χ2n) is 17.3. The molecule has 5 aromatic rings. The summed E-state index contributed by atoms with van der Waals surface area (Å²) in [6.07, 6.45) is 2.93. The van der Waals surface area contributed by atoms with E-state index in [-0.39, 0.29) is 44.2 Å². The molecule has 0 bridgehead atoms. The van der Waals surface area contributed by atoms with Crippen LogP contribution in [0.1, 0.15) is 83.4 Å². The Morgan fingerprint density at radius 1 is 0.824 bits per heavy atom. The lowest BCUT2D eigenvalue weighted by Crippen LogP contribution is -2.56. The number of esters is 1. The maximum atomic E-state index is 16.4. The van der Waals surface area contributed by atoms with Gasteiger partial charge in [-0.3, -0.25) is 19.3 Å². The molecule has 9 rings (SSSR count). The van der Waals surface area contributed by atoms with Crippen molar-refractivity contribution in [3.05, 3.63) is 178 Å². The van der Waals surface area contributed by atoms with Crippen LogP contribution >= 0.6 is 0 Å². The fourth-order valence-electron chi connectivity index (χ4n) is 10.4. The normalized spacial score (nSPS) is 23.4. The largest absolute Gasteiger partial charge is 0.491 e. The minimum atomic E-state index is -2.06. The minimum Gasteiger partial charge on any atom is -0.491 e. The van der Waals surface area contributed by atoms with Crippen molar-refractivity contribution in [2.24, 2.45) is 5.92 Å². The smallest absolute Gasteiger partial charge is 0.421 e. The van der Waals surface area contributed by atoms with E-state index in [1.807, 2.05) is 71.6 Å². The van der Waals surface area contributed by atoms with Crippen molar-refractivity contribution in [2.45, 2.75) is 61.4 Å². The third kappa shape index (κ3) is 8.68. The molecule has 348 valence electrons. The van der Waals surface area contributed by atoms with Gasteiger partial charge < -0.3 is 34.5 Å². The Morgan fingerprint density at radius 3 is 2.21 bits per heavy atom. The number of methoxy groups -OCH3 is 1. The van der Waals surface area contributed by atoms with E-state index < -0.39 is 65.5 Å². The zero-order valence-corrected chi connectivity index (χ0v) is 37.7. The van der Waals surface area contributed by atoms with Crippen molar-refractivity contribution >= 4 is 29.6 Å². The van der Waals surface area contributed by atoms with Crippen LogP contribution in [-0.4, -0.2) is 85.1 Å². The average Bonchev–Trinajstić information content (AvgIpc) is 3.84. The summed E-state index contributed by atoms with van der Waals surface area (Å²) in [7, 11) is 1.47. The Balaban J connectivity index is 1.32. The van der Waals surface area contributed by atoms with E-state index in [2.05, 4.69) is 23.2 Å². The summed E-state index contributed by atoms with van der Waals surface area (Å²) in [5, 5.41) is 24.0. The molecule has 13 heteroatoms. The Labute approximate surface area is 395 Å². The SMILES string of the molecule is COCCOC(=O)N1C(=O)C2(c3cc(C#CC4=CCCCC4)ccc31)C(C(=O)NCC(O)c1ccccc1)C1C(=O)OC(c3ccccc3)C(c3ccccc3)N1C2c1ccc(OCCO)cc1. The lowest BCUT2D eigenvalue weighted by Gasteiger charge is -2.46.